The predicted octanol–water partition coefficient (Wildman–Crippen LogP) is 2.63. The topological polar surface area (TPSA) is 93.5 Å². The van der Waals surface area contributed by atoms with Crippen molar-refractivity contribution in [1.29, 1.82) is 0 Å². The largest absolute Gasteiger partial charge is 0.426 e. The summed E-state index contributed by atoms with van der Waals surface area (Å²) in [4.78, 5) is 38.5. The molecule has 2 heterocycles. The van der Waals surface area contributed by atoms with Gasteiger partial charge in [-0.3, -0.25) is 19.1 Å². The summed E-state index contributed by atoms with van der Waals surface area (Å²) in [7, 11) is 1.73. The zero-order valence-corrected chi connectivity index (χ0v) is 16.3. The molecule has 2 aromatic carbocycles. The van der Waals surface area contributed by atoms with Gasteiger partial charge < -0.3 is 15.0 Å². The number of hydrogen-bond donors (Lipinski definition) is 1. The molecule has 1 N–H and O–H groups in total. The zero-order chi connectivity index (χ0) is 21.1. The van der Waals surface area contributed by atoms with Crippen LogP contribution in [-0.4, -0.2) is 34.1 Å². The zero-order valence-electron chi connectivity index (χ0n) is 16.3. The molecule has 2 amide bonds. The van der Waals surface area contributed by atoms with Gasteiger partial charge in [0.2, 0.25) is 5.91 Å². The van der Waals surface area contributed by atoms with Gasteiger partial charge in [0.15, 0.2) is 0 Å². The van der Waals surface area contributed by atoms with Crippen LogP contribution in [0, 0.1) is 5.92 Å². The van der Waals surface area contributed by atoms with Crippen LogP contribution in [0.5, 0.6) is 5.75 Å². The summed E-state index contributed by atoms with van der Waals surface area (Å²) in [6.07, 6.45) is 3.22. The molecule has 8 heteroatoms. The highest BCUT2D eigenvalue weighted by atomic mass is 16.5. The summed E-state index contributed by atoms with van der Waals surface area (Å²) >= 11 is 0. The van der Waals surface area contributed by atoms with Gasteiger partial charge in [-0.05, 0) is 36.4 Å². The van der Waals surface area contributed by atoms with Crippen LogP contribution in [0.3, 0.4) is 0 Å². The number of nitrogens with one attached hydrogen (secondary N) is 1. The molecule has 0 saturated carbocycles. The van der Waals surface area contributed by atoms with Crippen LogP contribution in [0.25, 0.3) is 0 Å². The third kappa shape index (κ3) is 4.22. The van der Waals surface area contributed by atoms with E-state index in [4.69, 9.17) is 4.74 Å². The van der Waals surface area contributed by atoms with Crippen LogP contribution in [0.1, 0.15) is 16.8 Å². The van der Waals surface area contributed by atoms with Gasteiger partial charge in [-0.15, -0.1) is 0 Å². The lowest BCUT2D eigenvalue weighted by atomic mass is 10.1. The van der Waals surface area contributed by atoms with Crippen molar-refractivity contribution in [3.05, 3.63) is 72.6 Å². The Morgan fingerprint density at radius 1 is 1.10 bits per heavy atom. The SMILES string of the molecule is Cn1cc(C(=O)Nc2ccc(OC(=O)C3CC(=O)N(c4ccccc4)C3)cc2)cn1. The summed E-state index contributed by atoms with van der Waals surface area (Å²) in [5.74, 6) is -1.00. The van der Waals surface area contributed by atoms with Gasteiger partial charge in [0.05, 0.1) is 17.7 Å². The Morgan fingerprint density at radius 2 is 1.83 bits per heavy atom. The number of amides is 2. The number of rotatable bonds is 5. The smallest absolute Gasteiger partial charge is 0.316 e. The molecule has 3 aromatic rings. The lowest BCUT2D eigenvalue weighted by Gasteiger charge is -2.16. The molecule has 0 bridgehead atoms. The molecule has 0 radical (unpaired) electrons. The molecule has 1 aliphatic rings. The van der Waals surface area contributed by atoms with E-state index in [0.29, 0.717) is 23.5 Å². The predicted molar refractivity (Wildman–Crippen MR) is 110 cm³/mol. The minimum absolute atomic E-state index is 0.100. The maximum Gasteiger partial charge on any atom is 0.316 e. The molecule has 1 aliphatic heterocycles. The average molecular weight is 404 g/mol. The Balaban J connectivity index is 1.35. The Labute approximate surface area is 173 Å². The Kier molecular flexibility index (Phi) is 5.30. The number of para-hydroxylation sites is 1. The number of aromatic nitrogens is 2. The fourth-order valence-corrected chi connectivity index (χ4v) is 3.27. The van der Waals surface area contributed by atoms with Crippen LogP contribution >= 0.6 is 0 Å². The number of anilines is 2. The van der Waals surface area contributed by atoms with E-state index in [-0.39, 0.29) is 18.2 Å². The number of esters is 1. The number of carbonyl (C=O) groups is 3. The van der Waals surface area contributed by atoms with E-state index in [9.17, 15) is 14.4 Å². The lowest BCUT2D eigenvalue weighted by Crippen LogP contribution is -2.27. The fourth-order valence-electron chi connectivity index (χ4n) is 3.27. The summed E-state index contributed by atoms with van der Waals surface area (Å²) in [6, 6.07) is 15.7. The van der Waals surface area contributed by atoms with Crippen molar-refractivity contribution in [2.45, 2.75) is 6.42 Å². The number of nitrogens with zero attached hydrogens (tertiary/aromatic N) is 3. The molecule has 1 fully saturated rings. The first-order chi connectivity index (χ1) is 14.5. The van der Waals surface area contributed by atoms with Crippen molar-refractivity contribution < 1.29 is 19.1 Å². The van der Waals surface area contributed by atoms with E-state index in [0.717, 1.165) is 5.69 Å². The second-order valence-electron chi connectivity index (χ2n) is 7.04. The summed E-state index contributed by atoms with van der Waals surface area (Å²) in [5, 5.41) is 6.72. The molecule has 8 nitrogen and oxygen atoms in total. The van der Waals surface area contributed by atoms with Gasteiger partial charge >= 0.3 is 5.97 Å². The van der Waals surface area contributed by atoms with Crippen LogP contribution < -0.4 is 15.0 Å². The van der Waals surface area contributed by atoms with Crippen LogP contribution in [-0.2, 0) is 16.6 Å². The normalized spacial score (nSPS) is 15.8. The number of aryl methyl sites for hydroxylation is 1. The molecule has 1 atom stereocenters. The second kappa shape index (κ2) is 8.20. The Hall–Kier alpha value is -3.94. The van der Waals surface area contributed by atoms with E-state index in [2.05, 4.69) is 10.4 Å². The van der Waals surface area contributed by atoms with Gasteiger partial charge in [0.25, 0.3) is 5.91 Å². The number of ether oxygens (including phenoxy) is 1. The summed E-state index contributed by atoms with van der Waals surface area (Å²) < 4.78 is 6.98. The van der Waals surface area contributed by atoms with Crippen molar-refractivity contribution in [2.75, 3.05) is 16.8 Å². The molecule has 152 valence electrons. The second-order valence-corrected chi connectivity index (χ2v) is 7.04. The standard InChI is InChI=1S/C22H20N4O4/c1-25-13-16(12-23-25)21(28)24-17-7-9-19(10-8-17)30-22(29)15-11-20(27)26(14-15)18-5-3-2-4-6-18/h2-10,12-13,15H,11,14H2,1H3,(H,24,28). The summed E-state index contributed by atoms with van der Waals surface area (Å²) in [6.45, 7) is 0.293. The van der Waals surface area contributed by atoms with Crippen LogP contribution in [0.2, 0.25) is 0 Å². The average Bonchev–Trinajstić information content (AvgIpc) is 3.36. The molecule has 0 aliphatic carbocycles. The van der Waals surface area contributed by atoms with E-state index in [1.807, 2.05) is 30.3 Å². The third-order valence-electron chi connectivity index (χ3n) is 4.82. The minimum atomic E-state index is -0.525. The Morgan fingerprint density at radius 3 is 2.50 bits per heavy atom. The lowest BCUT2D eigenvalue weighted by molar-refractivity contribution is -0.139. The highest BCUT2D eigenvalue weighted by Gasteiger charge is 2.36. The van der Waals surface area contributed by atoms with E-state index in [1.54, 1.807) is 47.1 Å². The molecule has 4 rings (SSSR count). The van der Waals surface area contributed by atoms with Gasteiger partial charge in [0, 0.05) is 37.6 Å². The first kappa shape index (κ1) is 19.4. The summed E-state index contributed by atoms with van der Waals surface area (Å²) in [5.41, 5.74) is 1.78. The van der Waals surface area contributed by atoms with Gasteiger partial charge in [0.1, 0.15) is 5.75 Å². The Bertz CT molecular complexity index is 1080. The highest BCUT2D eigenvalue weighted by Crippen LogP contribution is 2.26. The minimum Gasteiger partial charge on any atom is -0.426 e. The van der Waals surface area contributed by atoms with Crippen molar-refractivity contribution >= 4 is 29.2 Å². The molecule has 1 unspecified atom stereocenters. The van der Waals surface area contributed by atoms with E-state index >= 15 is 0 Å². The quantitative estimate of drug-likeness (QED) is 0.521. The van der Waals surface area contributed by atoms with Crippen molar-refractivity contribution in [3.8, 4) is 5.75 Å². The molecular weight excluding hydrogens is 384 g/mol. The van der Waals surface area contributed by atoms with E-state index in [1.165, 1.54) is 6.20 Å². The van der Waals surface area contributed by atoms with Crippen molar-refractivity contribution in [3.63, 3.8) is 0 Å². The molecule has 1 saturated heterocycles. The maximum absolute atomic E-state index is 12.5. The number of carbonyl (C=O) groups excluding carboxylic acids is 3. The van der Waals surface area contributed by atoms with E-state index < -0.39 is 11.9 Å². The molecule has 1 aromatic heterocycles. The maximum atomic E-state index is 12.5. The highest BCUT2D eigenvalue weighted by molar-refractivity contribution is 6.04. The van der Waals surface area contributed by atoms with Crippen LogP contribution in [0.15, 0.2) is 67.0 Å². The fraction of sp³-hybridized carbons (Fsp3) is 0.182. The first-order valence-electron chi connectivity index (χ1n) is 9.47. The monoisotopic (exact) mass is 404 g/mol. The molecular formula is C22H20N4O4. The van der Waals surface area contributed by atoms with Crippen LogP contribution in [0.4, 0.5) is 11.4 Å². The first-order valence-corrected chi connectivity index (χ1v) is 9.47. The van der Waals surface area contributed by atoms with Crippen molar-refractivity contribution in [2.24, 2.45) is 13.0 Å². The number of hydrogen-bond acceptors (Lipinski definition) is 5. The van der Waals surface area contributed by atoms with Gasteiger partial charge in [-0.1, -0.05) is 18.2 Å². The van der Waals surface area contributed by atoms with Crippen molar-refractivity contribution in [1.82, 2.24) is 9.78 Å². The molecule has 30 heavy (non-hydrogen) atoms. The third-order valence-corrected chi connectivity index (χ3v) is 4.82. The number of benzene rings is 2. The molecule has 0 spiro atoms. The van der Waals surface area contributed by atoms with Gasteiger partial charge in [-0.25, -0.2) is 0 Å². The van der Waals surface area contributed by atoms with Gasteiger partial charge in [-0.2, -0.15) is 5.10 Å².